The van der Waals surface area contributed by atoms with Crippen molar-refractivity contribution in [1.29, 1.82) is 0 Å². The van der Waals surface area contributed by atoms with Crippen molar-refractivity contribution < 1.29 is 15.3 Å². The minimum atomic E-state index is -0.224. The lowest BCUT2D eigenvalue weighted by molar-refractivity contribution is 0.119. The predicted molar refractivity (Wildman–Crippen MR) is 98.5 cm³/mol. The summed E-state index contributed by atoms with van der Waals surface area (Å²) in [6.07, 6.45) is 8.87. The Bertz CT molecular complexity index is 510. The Morgan fingerprint density at radius 1 is 1.08 bits per heavy atom. The third-order valence-electron chi connectivity index (χ3n) is 5.61. The zero-order chi connectivity index (χ0) is 17.6. The molecule has 3 heteroatoms. The molecule has 1 aliphatic carbocycles. The molecule has 0 bridgehead atoms. The molecule has 0 aliphatic heterocycles. The van der Waals surface area contributed by atoms with E-state index in [1.165, 1.54) is 5.56 Å². The molecule has 24 heavy (non-hydrogen) atoms. The summed E-state index contributed by atoms with van der Waals surface area (Å²) in [6.45, 7) is 4.75. The van der Waals surface area contributed by atoms with Crippen molar-refractivity contribution in [2.24, 2.45) is 0 Å². The van der Waals surface area contributed by atoms with Gasteiger partial charge in [0.25, 0.3) is 0 Å². The van der Waals surface area contributed by atoms with Crippen LogP contribution in [0.25, 0.3) is 0 Å². The third-order valence-corrected chi connectivity index (χ3v) is 5.61. The molecule has 2 atom stereocenters. The summed E-state index contributed by atoms with van der Waals surface area (Å²) in [5.74, 6) is 0.671. The Balaban J connectivity index is 1.99. The molecule has 1 aromatic carbocycles. The molecule has 3 nitrogen and oxygen atoms in total. The summed E-state index contributed by atoms with van der Waals surface area (Å²) in [6, 6.07) is 6.16. The number of hydrogen-bond donors (Lipinski definition) is 3. The summed E-state index contributed by atoms with van der Waals surface area (Å²) in [5, 5.41) is 29.2. The van der Waals surface area contributed by atoms with Gasteiger partial charge in [0.15, 0.2) is 0 Å². The molecular weight excluding hydrogens is 300 g/mol. The first-order valence-electron chi connectivity index (χ1n) is 9.56. The highest BCUT2D eigenvalue weighted by Crippen LogP contribution is 2.40. The van der Waals surface area contributed by atoms with Gasteiger partial charge in [-0.3, -0.25) is 0 Å². The Labute approximate surface area is 146 Å². The lowest BCUT2D eigenvalue weighted by atomic mass is 9.77. The fourth-order valence-electron chi connectivity index (χ4n) is 3.93. The van der Waals surface area contributed by atoms with Crippen molar-refractivity contribution in [2.45, 2.75) is 89.1 Å². The summed E-state index contributed by atoms with van der Waals surface area (Å²) >= 11 is 0. The van der Waals surface area contributed by atoms with Gasteiger partial charge >= 0.3 is 0 Å². The van der Waals surface area contributed by atoms with Gasteiger partial charge in [-0.1, -0.05) is 51.7 Å². The molecule has 2 unspecified atom stereocenters. The number of aliphatic hydroxyl groups is 2. The van der Waals surface area contributed by atoms with E-state index in [1.54, 1.807) is 0 Å². The molecule has 3 N–H and O–H groups in total. The molecule has 0 spiro atoms. The number of unbranched alkanes of at least 4 members (excludes halogenated alkanes) is 3. The quantitative estimate of drug-likeness (QED) is 0.607. The largest absolute Gasteiger partial charge is 0.508 e. The van der Waals surface area contributed by atoms with E-state index >= 15 is 0 Å². The lowest BCUT2D eigenvalue weighted by Gasteiger charge is -2.29. The maximum atomic E-state index is 10.5. The van der Waals surface area contributed by atoms with Crippen molar-refractivity contribution in [3.63, 3.8) is 0 Å². The zero-order valence-electron chi connectivity index (χ0n) is 15.3. The first-order chi connectivity index (χ1) is 11.4. The monoisotopic (exact) mass is 334 g/mol. The molecule has 1 saturated carbocycles. The predicted octanol–water partition coefficient (Wildman–Crippen LogP) is 4.63. The molecule has 0 radical (unpaired) electrons. The number of phenols is 1. The summed E-state index contributed by atoms with van der Waals surface area (Å²) in [7, 11) is 0. The van der Waals surface area contributed by atoms with Crippen molar-refractivity contribution in [2.75, 3.05) is 6.61 Å². The van der Waals surface area contributed by atoms with Crippen LogP contribution in [-0.2, 0) is 5.41 Å². The van der Waals surface area contributed by atoms with E-state index in [9.17, 15) is 10.2 Å². The summed E-state index contributed by atoms with van der Waals surface area (Å²) in [4.78, 5) is 0. The van der Waals surface area contributed by atoms with E-state index < -0.39 is 0 Å². The van der Waals surface area contributed by atoms with Crippen molar-refractivity contribution in [1.82, 2.24) is 0 Å². The topological polar surface area (TPSA) is 60.7 Å². The van der Waals surface area contributed by atoms with Crippen molar-refractivity contribution >= 4 is 0 Å². The molecule has 0 amide bonds. The van der Waals surface area contributed by atoms with Crippen LogP contribution in [-0.4, -0.2) is 28.0 Å². The van der Waals surface area contributed by atoms with Crippen LogP contribution < -0.4 is 0 Å². The normalized spacial score (nSPS) is 21.8. The van der Waals surface area contributed by atoms with Crippen LogP contribution >= 0.6 is 0 Å². The van der Waals surface area contributed by atoms with Gasteiger partial charge in [-0.25, -0.2) is 0 Å². The smallest absolute Gasteiger partial charge is 0.119 e. The van der Waals surface area contributed by atoms with Crippen LogP contribution in [0.4, 0.5) is 0 Å². The molecule has 136 valence electrons. The minimum Gasteiger partial charge on any atom is -0.508 e. The second-order valence-corrected chi connectivity index (χ2v) is 8.06. The van der Waals surface area contributed by atoms with Gasteiger partial charge in [0.2, 0.25) is 0 Å². The number of aromatic hydroxyl groups is 1. The molecule has 0 aromatic heterocycles. The van der Waals surface area contributed by atoms with Crippen LogP contribution in [0.15, 0.2) is 18.2 Å². The lowest BCUT2D eigenvalue weighted by Crippen LogP contribution is -2.19. The fraction of sp³-hybridized carbons (Fsp3) is 0.714. The molecule has 0 heterocycles. The van der Waals surface area contributed by atoms with Crippen molar-refractivity contribution in [3.05, 3.63) is 29.3 Å². The maximum Gasteiger partial charge on any atom is 0.119 e. The number of benzene rings is 1. The fourth-order valence-corrected chi connectivity index (χ4v) is 3.93. The number of hydrogen-bond acceptors (Lipinski definition) is 3. The van der Waals surface area contributed by atoms with Gasteiger partial charge < -0.3 is 15.3 Å². The first-order valence-corrected chi connectivity index (χ1v) is 9.56. The standard InChI is InChI=1S/C21H34O3/c1-21(2,12-5-3-4-6-13-22)17-10-11-19(20(24)15-17)16-8-7-9-18(23)14-16/h10-11,15-16,18,22-24H,3-9,12-14H2,1-2H3. The SMILES string of the molecule is CC(C)(CCCCCCO)c1ccc(C2CCCC(O)C2)c(O)c1. The summed E-state index contributed by atoms with van der Waals surface area (Å²) < 4.78 is 0. The van der Waals surface area contributed by atoms with Gasteiger partial charge in [-0.2, -0.15) is 0 Å². The highest BCUT2D eigenvalue weighted by Gasteiger charge is 2.26. The van der Waals surface area contributed by atoms with E-state index in [-0.39, 0.29) is 24.0 Å². The second-order valence-electron chi connectivity index (χ2n) is 8.06. The van der Waals surface area contributed by atoms with Crippen molar-refractivity contribution in [3.8, 4) is 5.75 Å². The minimum absolute atomic E-state index is 0.0430. The van der Waals surface area contributed by atoms with Crippen LogP contribution in [0.1, 0.15) is 88.7 Å². The Morgan fingerprint density at radius 2 is 1.83 bits per heavy atom. The Morgan fingerprint density at radius 3 is 2.50 bits per heavy atom. The van der Waals surface area contributed by atoms with Gasteiger partial charge in [0, 0.05) is 6.61 Å². The molecule has 1 fully saturated rings. The highest BCUT2D eigenvalue weighted by atomic mass is 16.3. The zero-order valence-corrected chi connectivity index (χ0v) is 15.3. The van der Waals surface area contributed by atoms with Crippen LogP contribution in [0, 0.1) is 0 Å². The van der Waals surface area contributed by atoms with Crippen LogP contribution in [0.5, 0.6) is 5.75 Å². The number of phenolic OH excluding ortho intramolecular Hbond substituents is 1. The maximum absolute atomic E-state index is 10.5. The second kappa shape index (κ2) is 8.87. The molecule has 2 rings (SSSR count). The van der Waals surface area contributed by atoms with E-state index in [4.69, 9.17) is 5.11 Å². The Hall–Kier alpha value is -1.06. The average molecular weight is 335 g/mol. The molecule has 1 aromatic rings. The van der Waals surface area contributed by atoms with E-state index in [1.807, 2.05) is 6.07 Å². The van der Waals surface area contributed by atoms with E-state index in [2.05, 4.69) is 26.0 Å². The van der Waals surface area contributed by atoms with Gasteiger partial charge in [-0.05, 0) is 60.6 Å². The van der Waals surface area contributed by atoms with E-state index in [0.29, 0.717) is 5.75 Å². The molecule has 0 saturated heterocycles. The Kier molecular flexibility index (Phi) is 7.12. The van der Waals surface area contributed by atoms with Gasteiger partial charge in [0.05, 0.1) is 6.10 Å². The average Bonchev–Trinajstić information content (AvgIpc) is 2.54. The molecule has 1 aliphatic rings. The number of aliphatic hydroxyl groups excluding tert-OH is 2. The third kappa shape index (κ3) is 5.22. The van der Waals surface area contributed by atoms with Gasteiger partial charge in [0.1, 0.15) is 5.75 Å². The van der Waals surface area contributed by atoms with Crippen LogP contribution in [0.3, 0.4) is 0 Å². The van der Waals surface area contributed by atoms with E-state index in [0.717, 1.165) is 63.4 Å². The number of rotatable bonds is 8. The highest BCUT2D eigenvalue weighted by molar-refractivity contribution is 5.41. The van der Waals surface area contributed by atoms with Crippen LogP contribution in [0.2, 0.25) is 0 Å². The summed E-state index contributed by atoms with van der Waals surface area (Å²) in [5.41, 5.74) is 2.22. The first kappa shape index (κ1) is 19.3. The van der Waals surface area contributed by atoms with Gasteiger partial charge in [-0.15, -0.1) is 0 Å². The molecular formula is C21H34O3.